The Morgan fingerprint density at radius 2 is 1.50 bits per heavy atom. The molecule has 0 aliphatic heterocycles. The quantitative estimate of drug-likeness (QED) is 0.416. The molecule has 0 saturated carbocycles. The van der Waals surface area contributed by atoms with Crippen LogP contribution in [-0.4, -0.2) is 30.9 Å². The highest BCUT2D eigenvalue weighted by Crippen LogP contribution is 2.36. The van der Waals surface area contributed by atoms with E-state index in [1.54, 1.807) is 41.5 Å². The van der Waals surface area contributed by atoms with Crippen LogP contribution in [0.4, 0.5) is 4.39 Å². The minimum absolute atomic E-state index is 0.0883. The van der Waals surface area contributed by atoms with E-state index in [2.05, 4.69) is 0 Å². The number of halogens is 1. The molecule has 7 heteroatoms. The summed E-state index contributed by atoms with van der Waals surface area (Å²) in [6.07, 6.45) is 0. The molecule has 0 aromatic heterocycles. The Kier molecular flexibility index (Phi) is 7.21. The molecular formula is C23H27FO6. The second kappa shape index (κ2) is 9.26. The number of methoxy groups -OCH3 is 1. The number of aryl methyl sites for hydroxylation is 1. The van der Waals surface area contributed by atoms with Crippen molar-refractivity contribution in [3.05, 3.63) is 56.1 Å². The van der Waals surface area contributed by atoms with Crippen LogP contribution in [0.1, 0.15) is 59.7 Å². The van der Waals surface area contributed by atoms with E-state index in [-0.39, 0.29) is 29.4 Å². The van der Waals surface area contributed by atoms with Crippen molar-refractivity contribution in [2.45, 2.75) is 48.2 Å². The summed E-state index contributed by atoms with van der Waals surface area (Å²) >= 11 is 0. The third kappa shape index (κ3) is 4.16. The number of carbonyl (C=O) groups is 2. The van der Waals surface area contributed by atoms with Gasteiger partial charge in [0.2, 0.25) is 0 Å². The van der Waals surface area contributed by atoms with Gasteiger partial charge in [0.25, 0.3) is 0 Å². The summed E-state index contributed by atoms with van der Waals surface area (Å²) in [5, 5.41) is 9.97. The first-order valence-corrected chi connectivity index (χ1v) is 9.43. The first-order valence-electron chi connectivity index (χ1n) is 9.43. The van der Waals surface area contributed by atoms with Gasteiger partial charge in [-0.2, -0.15) is 0 Å². The second-order valence-corrected chi connectivity index (χ2v) is 7.26. The predicted octanol–water partition coefficient (Wildman–Crippen LogP) is 4.69. The molecule has 2 aromatic carbocycles. The van der Waals surface area contributed by atoms with E-state index >= 15 is 0 Å². The number of esters is 2. The minimum Gasteiger partial charge on any atom is -0.508 e. The van der Waals surface area contributed by atoms with Crippen molar-refractivity contribution in [1.29, 1.82) is 0 Å². The van der Waals surface area contributed by atoms with Crippen LogP contribution in [0, 0.1) is 41.5 Å². The van der Waals surface area contributed by atoms with Gasteiger partial charge in [-0.25, -0.2) is 14.0 Å². The molecule has 30 heavy (non-hydrogen) atoms. The summed E-state index contributed by atoms with van der Waals surface area (Å²) in [7, 11) is 1.39. The maximum atomic E-state index is 14.0. The SMILES string of the molecule is COCOC(=O)c1c(C)c(C)c(OC(=O)c2c(C)cc(O)c(C)c2C)c(CF)c1C. The van der Waals surface area contributed by atoms with Gasteiger partial charge in [0.1, 0.15) is 18.2 Å². The lowest BCUT2D eigenvalue weighted by Crippen LogP contribution is -2.18. The standard InChI is InChI=1S/C23H27FO6/c1-11-8-18(25)12(2)13(3)19(11)23(27)30-21-15(5)14(4)20(16(6)17(21)9-24)22(26)29-10-28-7/h8,25H,9-10H2,1-7H3. The zero-order valence-corrected chi connectivity index (χ0v) is 18.4. The monoisotopic (exact) mass is 418 g/mol. The highest BCUT2D eigenvalue weighted by Gasteiger charge is 2.26. The molecule has 0 atom stereocenters. The molecule has 0 aliphatic rings. The van der Waals surface area contributed by atoms with Gasteiger partial charge >= 0.3 is 11.9 Å². The van der Waals surface area contributed by atoms with Crippen molar-refractivity contribution in [3.63, 3.8) is 0 Å². The van der Waals surface area contributed by atoms with Crippen LogP contribution < -0.4 is 4.74 Å². The highest BCUT2D eigenvalue weighted by atomic mass is 19.1. The Hall–Kier alpha value is -2.93. The van der Waals surface area contributed by atoms with Gasteiger partial charge < -0.3 is 19.3 Å². The number of rotatable bonds is 6. The van der Waals surface area contributed by atoms with Gasteiger partial charge in [0.15, 0.2) is 6.79 Å². The lowest BCUT2D eigenvalue weighted by Gasteiger charge is -2.20. The number of carbonyl (C=O) groups excluding carboxylic acids is 2. The molecule has 0 saturated heterocycles. The molecule has 6 nitrogen and oxygen atoms in total. The number of aromatic hydroxyl groups is 1. The molecule has 0 bridgehead atoms. The van der Waals surface area contributed by atoms with Gasteiger partial charge in [0.05, 0.1) is 11.1 Å². The first kappa shape index (κ1) is 23.3. The normalized spacial score (nSPS) is 10.8. The number of phenols is 1. The molecule has 0 fully saturated rings. The molecule has 2 rings (SSSR count). The third-order valence-corrected chi connectivity index (χ3v) is 5.49. The largest absolute Gasteiger partial charge is 0.508 e. The number of benzene rings is 2. The van der Waals surface area contributed by atoms with Gasteiger partial charge in [-0.1, -0.05) is 0 Å². The Bertz CT molecular complexity index is 1010. The molecule has 0 amide bonds. The Labute approximate surface area is 175 Å². The second-order valence-electron chi connectivity index (χ2n) is 7.26. The zero-order valence-electron chi connectivity index (χ0n) is 18.4. The van der Waals surface area contributed by atoms with Gasteiger partial charge in [-0.05, 0) is 81.0 Å². The summed E-state index contributed by atoms with van der Waals surface area (Å²) in [6.45, 7) is 8.89. The number of ether oxygens (including phenoxy) is 3. The van der Waals surface area contributed by atoms with Crippen LogP contribution in [0.15, 0.2) is 6.07 Å². The molecule has 0 spiro atoms. The summed E-state index contributed by atoms with van der Waals surface area (Å²) in [4.78, 5) is 25.4. The van der Waals surface area contributed by atoms with E-state index in [0.29, 0.717) is 38.9 Å². The average molecular weight is 418 g/mol. The molecule has 2 aromatic rings. The summed E-state index contributed by atoms with van der Waals surface area (Å²) in [5.74, 6) is -1.11. The van der Waals surface area contributed by atoms with E-state index < -0.39 is 18.6 Å². The molecular weight excluding hydrogens is 391 g/mol. The maximum absolute atomic E-state index is 14.0. The smallest absolute Gasteiger partial charge is 0.344 e. The molecule has 1 N–H and O–H groups in total. The number of hydrogen-bond acceptors (Lipinski definition) is 6. The van der Waals surface area contributed by atoms with E-state index in [1.165, 1.54) is 13.2 Å². The number of phenolic OH excluding ortho intramolecular Hbond substituents is 1. The van der Waals surface area contributed by atoms with Gasteiger partial charge in [-0.3, -0.25) is 0 Å². The van der Waals surface area contributed by atoms with Crippen molar-refractivity contribution >= 4 is 11.9 Å². The Morgan fingerprint density at radius 1 is 0.900 bits per heavy atom. The summed E-state index contributed by atoms with van der Waals surface area (Å²) in [6, 6.07) is 1.49. The zero-order chi connectivity index (χ0) is 22.7. The summed E-state index contributed by atoms with van der Waals surface area (Å²) in [5.41, 5.74) is 3.71. The van der Waals surface area contributed by atoms with Crippen molar-refractivity contribution < 1.29 is 33.3 Å². The van der Waals surface area contributed by atoms with Crippen LogP contribution in [0.25, 0.3) is 0 Å². The van der Waals surface area contributed by atoms with Gasteiger partial charge in [0, 0.05) is 12.7 Å². The Balaban J connectivity index is 2.58. The topological polar surface area (TPSA) is 82.1 Å². The molecule has 0 aliphatic carbocycles. The lowest BCUT2D eigenvalue weighted by molar-refractivity contribution is -0.0126. The first-order chi connectivity index (χ1) is 14.1. The fraction of sp³-hybridized carbons (Fsp3) is 0.391. The fourth-order valence-corrected chi connectivity index (χ4v) is 3.50. The fourth-order valence-electron chi connectivity index (χ4n) is 3.50. The van der Waals surface area contributed by atoms with Crippen molar-refractivity contribution in [2.75, 3.05) is 13.9 Å². The van der Waals surface area contributed by atoms with E-state index in [0.717, 1.165) is 0 Å². The Morgan fingerprint density at radius 3 is 2.07 bits per heavy atom. The molecule has 0 radical (unpaired) electrons. The maximum Gasteiger partial charge on any atom is 0.344 e. The molecule has 0 unspecified atom stereocenters. The van der Waals surface area contributed by atoms with Crippen LogP contribution in [-0.2, 0) is 16.1 Å². The van der Waals surface area contributed by atoms with Crippen LogP contribution in [0.2, 0.25) is 0 Å². The minimum atomic E-state index is -0.924. The average Bonchev–Trinajstić information content (AvgIpc) is 2.69. The summed E-state index contributed by atoms with van der Waals surface area (Å²) < 4.78 is 29.4. The lowest BCUT2D eigenvalue weighted by atomic mass is 9.92. The van der Waals surface area contributed by atoms with Crippen LogP contribution >= 0.6 is 0 Å². The van der Waals surface area contributed by atoms with Crippen LogP contribution in [0.5, 0.6) is 11.5 Å². The number of alkyl halides is 1. The van der Waals surface area contributed by atoms with Crippen LogP contribution in [0.3, 0.4) is 0 Å². The van der Waals surface area contributed by atoms with Gasteiger partial charge in [-0.15, -0.1) is 0 Å². The highest BCUT2D eigenvalue weighted by molar-refractivity contribution is 5.97. The predicted molar refractivity (Wildman–Crippen MR) is 110 cm³/mol. The van der Waals surface area contributed by atoms with E-state index in [1.807, 2.05) is 0 Å². The van der Waals surface area contributed by atoms with Crippen molar-refractivity contribution in [2.24, 2.45) is 0 Å². The number of hydrogen-bond donors (Lipinski definition) is 1. The molecule has 162 valence electrons. The van der Waals surface area contributed by atoms with E-state index in [4.69, 9.17) is 14.2 Å². The third-order valence-electron chi connectivity index (χ3n) is 5.49. The van der Waals surface area contributed by atoms with Crippen molar-refractivity contribution in [3.8, 4) is 11.5 Å². The van der Waals surface area contributed by atoms with E-state index in [9.17, 15) is 19.1 Å². The van der Waals surface area contributed by atoms with Crippen molar-refractivity contribution in [1.82, 2.24) is 0 Å². The molecule has 0 heterocycles.